The van der Waals surface area contributed by atoms with Gasteiger partial charge in [0.1, 0.15) is 0 Å². The number of thioether (sulfide) groups is 1. The molecule has 5 heteroatoms. The predicted molar refractivity (Wildman–Crippen MR) is 95.1 cm³/mol. The summed E-state index contributed by atoms with van der Waals surface area (Å²) in [5.41, 5.74) is 3.37. The number of benzene rings is 2. The van der Waals surface area contributed by atoms with Gasteiger partial charge in [-0.1, -0.05) is 23.7 Å². The van der Waals surface area contributed by atoms with Crippen LogP contribution in [-0.2, 0) is 0 Å². The van der Waals surface area contributed by atoms with Crippen LogP contribution in [0.5, 0.6) is 0 Å². The summed E-state index contributed by atoms with van der Waals surface area (Å²) in [4.78, 5) is 5.29. The molecule has 4 rings (SSSR count). The Morgan fingerprint density at radius 2 is 2.17 bits per heavy atom. The number of oxazole rings is 1. The van der Waals surface area contributed by atoms with Crippen LogP contribution in [0.25, 0.3) is 11.3 Å². The molecule has 2 aromatic carbocycles. The van der Waals surface area contributed by atoms with Crippen molar-refractivity contribution in [2.75, 3.05) is 11.1 Å². The number of nitrogens with zero attached hydrogens (tertiary/aromatic N) is 1. The number of hydrogen-bond donors (Lipinski definition) is 1. The first-order valence-corrected chi connectivity index (χ1v) is 8.84. The summed E-state index contributed by atoms with van der Waals surface area (Å²) in [5, 5.41) is 4.42. The summed E-state index contributed by atoms with van der Waals surface area (Å²) >= 11 is 8.07. The molecule has 3 aromatic rings. The average Bonchev–Trinajstić information content (AvgIpc) is 3.10. The van der Waals surface area contributed by atoms with Crippen LogP contribution in [-0.4, -0.2) is 10.7 Å². The van der Waals surface area contributed by atoms with E-state index in [2.05, 4.69) is 34.6 Å². The van der Waals surface area contributed by atoms with Crippen molar-refractivity contribution in [2.45, 2.75) is 17.4 Å². The molecule has 0 aliphatic carbocycles. The van der Waals surface area contributed by atoms with Crippen molar-refractivity contribution in [3.8, 4) is 11.3 Å². The second-order valence-corrected chi connectivity index (χ2v) is 7.04. The lowest BCUT2D eigenvalue weighted by Crippen LogP contribution is -2.16. The monoisotopic (exact) mass is 342 g/mol. The first-order valence-electron chi connectivity index (χ1n) is 7.47. The van der Waals surface area contributed by atoms with Gasteiger partial charge in [-0.05, 0) is 42.3 Å². The number of hydrogen-bond acceptors (Lipinski definition) is 4. The fraction of sp³-hybridized carbons (Fsp3) is 0.167. The molecule has 0 radical (unpaired) electrons. The average molecular weight is 343 g/mol. The molecule has 1 N–H and O–H groups in total. The van der Waals surface area contributed by atoms with Crippen LogP contribution in [0, 0.1) is 0 Å². The topological polar surface area (TPSA) is 38.1 Å². The maximum Gasteiger partial charge on any atom is 0.181 e. The van der Waals surface area contributed by atoms with E-state index in [1.807, 2.05) is 30.0 Å². The first kappa shape index (κ1) is 14.7. The van der Waals surface area contributed by atoms with Crippen LogP contribution in [0.3, 0.4) is 0 Å². The summed E-state index contributed by atoms with van der Waals surface area (Å²) in [6, 6.07) is 14.6. The summed E-state index contributed by atoms with van der Waals surface area (Å²) < 4.78 is 5.38. The first-order chi connectivity index (χ1) is 11.3. The van der Waals surface area contributed by atoms with Gasteiger partial charge in [0.15, 0.2) is 12.2 Å². The van der Waals surface area contributed by atoms with Gasteiger partial charge in [-0.25, -0.2) is 4.98 Å². The predicted octanol–water partition coefficient (Wildman–Crippen LogP) is 5.64. The lowest BCUT2D eigenvalue weighted by molar-refractivity contribution is 0.572. The van der Waals surface area contributed by atoms with Gasteiger partial charge in [0.05, 0.1) is 12.2 Å². The van der Waals surface area contributed by atoms with Gasteiger partial charge in [0.2, 0.25) is 0 Å². The molecule has 0 bridgehead atoms. The standard InChI is InChI=1S/C18H15ClN2OS/c19-13-4-5-18-15(9-13)16(6-7-23-18)21-14-3-1-2-12(8-14)17-10-20-11-22-17/h1-5,8-11,16,21H,6-7H2. The van der Waals surface area contributed by atoms with Crippen molar-refractivity contribution in [3.63, 3.8) is 0 Å². The van der Waals surface area contributed by atoms with Crippen LogP contribution in [0.4, 0.5) is 5.69 Å². The minimum absolute atomic E-state index is 0.273. The van der Waals surface area contributed by atoms with Crippen LogP contribution >= 0.6 is 23.4 Å². The van der Waals surface area contributed by atoms with Crippen molar-refractivity contribution in [1.82, 2.24) is 4.98 Å². The van der Waals surface area contributed by atoms with E-state index in [1.165, 1.54) is 16.9 Å². The normalized spacial score (nSPS) is 16.8. The number of halogens is 1. The van der Waals surface area contributed by atoms with Crippen molar-refractivity contribution in [3.05, 3.63) is 65.6 Å². The molecule has 1 aromatic heterocycles. The Morgan fingerprint density at radius 1 is 1.22 bits per heavy atom. The van der Waals surface area contributed by atoms with Gasteiger partial charge in [0.25, 0.3) is 0 Å². The van der Waals surface area contributed by atoms with E-state index in [9.17, 15) is 0 Å². The quantitative estimate of drug-likeness (QED) is 0.668. The second-order valence-electron chi connectivity index (χ2n) is 5.46. The second kappa shape index (κ2) is 6.30. The molecular formula is C18H15ClN2OS. The molecular weight excluding hydrogens is 328 g/mol. The fourth-order valence-corrected chi connectivity index (χ4v) is 4.12. The Bertz CT molecular complexity index is 820. The summed E-state index contributed by atoms with van der Waals surface area (Å²) in [6.07, 6.45) is 4.25. The molecule has 0 amide bonds. The van der Waals surface area contributed by atoms with Crippen molar-refractivity contribution in [1.29, 1.82) is 0 Å². The largest absolute Gasteiger partial charge is 0.444 e. The zero-order chi connectivity index (χ0) is 15.6. The zero-order valence-electron chi connectivity index (χ0n) is 12.3. The summed E-state index contributed by atoms with van der Waals surface area (Å²) in [6.45, 7) is 0. The van der Waals surface area contributed by atoms with E-state index in [0.717, 1.165) is 34.2 Å². The Balaban J connectivity index is 1.62. The molecule has 1 aliphatic heterocycles. The van der Waals surface area contributed by atoms with E-state index < -0.39 is 0 Å². The maximum absolute atomic E-state index is 6.18. The van der Waals surface area contributed by atoms with E-state index in [-0.39, 0.29) is 6.04 Å². The van der Waals surface area contributed by atoms with Crippen molar-refractivity contribution < 1.29 is 4.42 Å². The van der Waals surface area contributed by atoms with Gasteiger partial charge in [-0.2, -0.15) is 0 Å². The highest BCUT2D eigenvalue weighted by molar-refractivity contribution is 7.99. The highest BCUT2D eigenvalue weighted by Crippen LogP contribution is 2.39. The third kappa shape index (κ3) is 3.09. The van der Waals surface area contributed by atoms with Crippen LogP contribution in [0.15, 0.2) is 64.4 Å². The van der Waals surface area contributed by atoms with Crippen molar-refractivity contribution >= 4 is 29.1 Å². The highest BCUT2D eigenvalue weighted by atomic mass is 35.5. The van der Waals surface area contributed by atoms with Gasteiger partial charge in [-0.15, -0.1) is 11.8 Å². The molecule has 23 heavy (non-hydrogen) atoms. The Kier molecular flexibility index (Phi) is 4.02. The minimum atomic E-state index is 0.273. The van der Waals surface area contributed by atoms with Gasteiger partial charge < -0.3 is 9.73 Å². The van der Waals surface area contributed by atoms with Crippen LogP contribution in [0.1, 0.15) is 18.0 Å². The molecule has 2 heterocycles. The van der Waals surface area contributed by atoms with Gasteiger partial charge in [-0.3, -0.25) is 0 Å². The highest BCUT2D eigenvalue weighted by Gasteiger charge is 2.21. The molecule has 1 atom stereocenters. The van der Waals surface area contributed by atoms with E-state index >= 15 is 0 Å². The number of aromatic nitrogens is 1. The maximum atomic E-state index is 6.18. The summed E-state index contributed by atoms with van der Waals surface area (Å²) in [7, 11) is 0. The lowest BCUT2D eigenvalue weighted by Gasteiger charge is -2.27. The third-order valence-electron chi connectivity index (χ3n) is 3.93. The van der Waals surface area contributed by atoms with E-state index in [0.29, 0.717) is 0 Å². The third-order valence-corrected chi connectivity index (χ3v) is 5.29. The van der Waals surface area contributed by atoms with Gasteiger partial charge in [0, 0.05) is 26.9 Å². The Hall–Kier alpha value is -1.91. The molecule has 0 spiro atoms. The van der Waals surface area contributed by atoms with Gasteiger partial charge >= 0.3 is 0 Å². The molecule has 3 nitrogen and oxygen atoms in total. The molecule has 116 valence electrons. The van der Waals surface area contributed by atoms with E-state index in [4.69, 9.17) is 16.0 Å². The molecule has 0 saturated carbocycles. The fourth-order valence-electron chi connectivity index (χ4n) is 2.84. The molecule has 1 aliphatic rings. The Labute approximate surface area is 144 Å². The smallest absolute Gasteiger partial charge is 0.181 e. The van der Waals surface area contributed by atoms with E-state index in [1.54, 1.807) is 6.20 Å². The molecule has 0 fully saturated rings. The lowest BCUT2D eigenvalue weighted by atomic mass is 10.0. The summed E-state index contributed by atoms with van der Waals surface area (Å²) in [5.74, 6) is 1.88. The number of anilines is 1. The SMILES string of the molecule is Clc1ccc2c(c1)C(Nc1cccc(-c3cnco3)c1)CCS2. The van der Waals surface area contributed by atoms with Crippen molar-refractivity contribution in [2.24, 2.45) is 0 Å². The number of rotatable bonds is 3. The molecule has 0 saturated heterocycles. The zero-order valence-corrected chi connectivity index (χ0v) is 13.9. The van der Waals surface area contributed by atoms with Crippen LogP contribution in [0.2, 0.25) is 5.02 Å². The number of fused-ring (bicyclic) bond motifs is 1. The minimum Gasteiger partial charge on any atom is -0.444 e. The molecule has 1 unspecified atom stereocenters. The number of nitrogens with one attached hydrogen (secondary N) is 1. The Morgan fingerprint density at radius 3 is 3.04 bits per heavy atom. The van der Waals surface area contributed by atoms with Crippen LogP contribution < -0.4 is 5.32 Å².